The molecule has 1 heterocycles. The van der Waals surface area contributed by atoms with Crippen molar-refractivity contribution in [2.45, 2.75) is 52.1 Å². The van der Waals surface area contributed by atoms with Gasteiger partial charge in [0.05, 0.1) is 5.56 Å². The molecule has 0 radical (unpaired) electrons. The molecule has 0 spiro atoms. The fourth-order valence-corrected chi connectivity index (χ4v) is 4.23. The van der Waals surface area contributed by atoms with Crippen molar-refractivity contribution in [2.75, 3.05) is 19.6 Å². The molecule has 0 amide bonds. The molecule has 1 aliphatic heterocycles. The van der Waals surface area contributed by atoms with E-state index >= 15 is 0 Å². The highest BCUT2D eigenvalue weighted by Crippen LogP contribution is 2.33. The minimum atomic E-state index is -4.30. The van der Waals surface area contributed by atoms with Crippen molar-refractivity contribution in [3.05, 3.63) is 76.9 Å². The third-order valence-corrected chi connectivity index (χ3v) is 5.85. The van der Waals surface area contributed by atoms with Gasteiger partial charge in [-0.25, -0.2) is 0 Å². The normalized spacial score (nSPS) is 16.1. The van der Waals surface area contributed by atoms with Crippen molar-refractivity contribution >= 4 is 5.57 Å². The Balaban J connectivity index is 1.65. The van der Waals surface area contributed by atoms with Crippen LogP contribution in [0.5, 0.6) is 0 Å². The molecule has 0 atom stereocenters. The summed E-state index contributed by atoms with van der Waals surface area (Å²) in [6.45, 7) is 11.5. The summed E-state index contributed by atoms with van der Waals surface area (Å²) < 4.78 is 39.0. The Morgan fingerprint density at radius 1 is 0.967 bits per heavy atom. The van der Waals surface area contributed by atoms with E-state index < -0.39 is 11.7 Å². The highest BCUT2D eigenvalue weighted by molar-refractivity contribution is 5.67. The summed E-state index contributed by atoms with van der Waals surface area (Å²) >= 11 is 0. The van der Waals surface area contributed by atoms with Gasteiger partial charge >= 0.3 is 6.18 Å². The van der Waals surface area contributed by atoms with Gasteiger partial charge in [0.1, 0.15) is 0 Å². The van der Waals surface area contributed by atoms with E-state index in [0.29, 0.717) is 11.5 Å². The number of nitrogens with zero attached hydrogens (tertiary/aromatic N) is 1. The lowest BCUT2D eigenvalue weighted by atomic mass is 9.83. The molecule has 0 unspecified atom stereocenters. The van der Waals surface area contributed by atoms with Crippen LogP contribution in [0.15, 0.2) is 54.6 Å². The van der Waals surface area contributed by atoms with Crippen LogP contribution in [0.1, 0.15) is 56.4 Å². The Hall–Kier alpha value is -2.07. The van der Waals surface area contributed by atoms with Crippen LogP contribution in [-0.4, -0.2) is 24.5 Å². The number of hydrogen-bond acceptors (Lipinski definition) is 1. The van der Waals surface area contributed by atoms with Crippen LogP contribution in [0, 0.1) is 5.92 Å². The predicted octanol–water partition coefficient (Wildman–Crippen LogP) is 6.97. The Morgan fingerprint density at radius 2 is 1.67 bits per heavy atom. The molecule has 0 bridgehead atoms. The van der Waals surface area contributed by atoms with Gasteiger partial charge in [0.2, 0.25) is 0 Å². The molecule has 162 valence electrons. The molecule has 2 aromatic rings. The van der Waals surface area contributed by atoms with Gasteiger partial charge in [0.25, 0.3) is 0 Å². The summed E-state index contributed by atoms with van der Waals surface area (Å²) in [4.78, 5) is 2.39. The van der Waals surface area contributed by atoms with E-state index in [4.69, 9.17) is 0 Å². The van der Waals surface area contributed by atoms with Crippen LogP contribution in [0.4, 0.5) is 13.2 Å². The van der Waals surface area contributed by atoms with Crippen LogP contribution in [0.2, 0.25) is 0 Å². The third kappa shape index (κ3) is 5.75. The van der Waals surface area contributed by atoms with Crippen molar-refractivity contribution in [1.82, 2.24) is 4.90 Å². The van der Waals surface area contributed by atoms with Crippen LogP contribution in [0.3, 0.4) is 0 Å². The van der Waals surface area contributed by atoms with E-state index in [2.05, 4.69) is 62.9 Å². The number of rotatable bonds is 6. The molecule has 0 N–H and O–H groups in total. The second-order valence-corrected chi connectivity index (χ2v) is 9.47. The number of benzene rings is 2. The first kappa shape index (κ1) is 22.6. The predicted molar refractivity (Wildman–Crippen MR) is 118 cm³/mol. The summed E-state index contributed by atoms with van der Waals surface area (Å²) in [6, 6.07) is 14.6. The van der Waals surface area contributed by atoms with Crippen LogP contribution in [-0.2, 0) is 18.0 Å². The minimum Gasteiger partial charge on any atom is -0.298 e. The number of alkyl halides is 3. The molecule has 2 aromatic carbocycles. The van der Waals surface area contributed by atoms with E-state index in [0.717, 1.165) is 44.1 Å². The summed E-state index contributed by atoms with van der Waals surface area (Å²) in [7, 11) is 0. The molecule has 0 aliphatic carbocycles. The molecule has 0 aromatic heterocycles. The highest BCUT2D eigenvalue weighted by Gasteiger charge is 2.31. The average molecular weight is 416 g/mol. The SMILES string of the molecule is CC(C)Cc1ccc(C(C)(C)CN2CC=C(c3cccc(C(F)(F)F)c3)CC2)cc1. The van der Waals surface area contributed by atoms with Crippen molar-refractivity contribution in [3.63, 3.8) is 0 Å². The maximum absolute atomic E-state index is 13.0. The average Bonchev–Trinajstić information content (AvgIpc) is 2.68. The van der Waals surface area contributed by atoms with Gasteiger partial charge in [-0.3, -0.25) is 4.90 Å². The summed E-state index contributed by atoms with van der Waals surface area (Å²) in [6.07, 6.45) is -0.354. The first-order valence-electron chi connectivity index (χ1n) is 10.7. The molecule has 3 rings (SSSR count). The van der Waals surface area contributed by atoms with E-state index in [9.17, 15) is 13.2 Å². The summed E-state index contributed by atoms with van der Waals surface area (Å²) in [5.74, 6) is 0.648. The lowest BCUT2D eigenvalue weighted by molar-refractivity contribution is -0.137. The van der Waals surface area contributed by atoms with Gasteiger partial charge < -0.3 is 0 Å². The number of hydrogen-bond donors (Lipinski definition) is 0. The molecule has 0 saturated carbocycles. The topological polar surface area (TPSA) is 3.24 Å². The van der Waals surface area contributed by atoms with Gasteiger partial charge in [-0.05, 0) is 53.2 Å². The smallest absolute Gasteiger partial charge is 0.298 e. The molecule has 0 fully saturated rings. The van der Waals surface area contributed by atoms with Gasteiger partial charge in [-0.15, -0.1) is 0 Å². The lowest BCUT2D eigenvalue weighted by Gasteiger charge is -2.35. The first-order valence-corrected chi connectivity index (χ1v) is 10.7. The van der Waals surface area contributed by atoms with Crippen molar-refractivity contribution in [1.29, 1.82) is 0 Å². The highest BCUT2D eigenvalue weighted by atomic mass is 19.4. The molecular formula is C26H32F3N. The zero-order valence-corrected chi connectivity index (χ0v) is 18.4. The quantitative estimate of drug-likeness (QED) is 0.492. The second kappa shape index (κ2) is 8.97. The van der Waals surface area contributed by atoms with Crippen LogP contribution < -0.4 is 0 Å². The molecule has 0 saturated heterocycles. The molecule has 4 heteroatoms. The summed E-state index contributed by atoms with van der Waals surface area (Å²) in [5, 5.41) is 0. The van der Waals surface area contributed by atoms with E-state index in [-0.39, 0.29) is 5.41 Å². The van der Waals surface area contributed by atoms with Gasteiger partial charge in [-0.2, -0.15) is 13.2 Å². The van der Waals surface area contributed by atoms with Crippen molar-refractivity contribution < 1.29 is 13.2 Å². The van der Waals surface area contributed by atoms with Gasteiger partial charge in [-0.1, -0.05) is 70.2 Å². The summed E-state index contributed by atoms with van der Waals surface area (Å²) in [5.41, 5.74) is 3.82. The van der Waals surface area contributed by atoms with Crippen LogP contribution in [0.25, 0.3) is 5.57 Å². The van der Waals surface area contributed by atoms with Crippen molar-refractivity contribution in [2.24, 2.45) is 5.92 Å². The standard InChI is InChI=1S/C26H32F3N/c1-19(2)16-20-8-10-23(11-9-20)25(3,4)18-30-14-12-21(13-15-30)22-6-5-7-24(17-22)26(27,28)29/h5-12,17,19H,13-16,18H2,1-4H3. The first-order chi connectivity index (χ1) is 14.0. The maximum Gasteiger partial charge on any atom is 0.416 e. The fourth-order valence-electron chi connectivity index (χ4n) is 4.23. The molecule has 1 aliphatic rings. The minimum absolute atomic E-state index is 0.0118. The third-order valence-electron chi connectivity index (χ3n) is 5.85. The maximum atomic E-state index is 13.0. The van der Waals surface area contributed by atoms with E-state index in [1.807, 2.05) is 0 Å². The largest absolute Gasteiger partial charge is 0.416 e. The second-order valence-electron chi connectivity index (χ2n) is 9.47. The Bertz CT molecular complexity index is 876. The van der Waals surface area contributed by atoms with E-state index in [1.165, 1.54) is 23.3 Å². The monoisotopic (exact) mass is 415 g/mol. The Morgan fingerprint density at radius 3 is 2.23 bits per heavy atom. The zero-order chi connectivity index (χ0) is 21.9. The zero-order valence-electron chi connectivity index (χ0n) is 18.4. The van der Waals surface area contributed by atoms with Gasteiger partial charge in [0, 0.05) is 25.0 Å². The Kier molecular flexibility index (Phi) is 6.76. The Labute approximate surface area is 178 Å². The number of halogens is 3. The molecule has 1 nitrogen and oxygen atoms in total. The van der Waals surface area contributed by atoms with Gasteiger partial charge in [0.15, 0.2) is 0 Å². The van der Waals surface area contributed by atoms with E-state index in [1.54, 1.807) is 6.07 Å². The lowest BCUT2D eigenvalue weighted by Crippen LogP contribution is -2.39. The fraction of sp³-hybridized carbons (Fsp3) is 0.462. The molecule has 30 heavy (non-hydrogen) atoms. The van der Waals surface area contributed by atoms with Crippen molar-refractivity contribution in [3.8, 4) is 0 Å². The van der Waals surface area contributed by atoms with Crippen LogP contribution >= 0.6 is 0 Å². The molecular weight excluding hydrogens is 383 g/mol.